The van der Waals surface area contributed by atoms with Crippen molar-refractivity contribution in [3.8, 4) is 0 Å². The van der Waals surface area contributed by atoms with Crippen LogP contribution in [0.3, 0.4) is 0 Å². The highest BCUT2D eigenvalue weighted by Gasteiger charge is 2.62. The third-order valence-corrected chi connectivity index (χ3v) is 5.25. The molecule has 4 atom stereocenters. The lowest BCUT2D eigenvalue weighted by Crippen LogP contribution is -2.52. The molecule has 0 amide bonds. The fraction of sp³-hybridized carbons (Fsp3) is 0.478. The number of hydrogen-bond donors (Lipinski definition) is 1. The second kappa shape index (κ2) is 8.52. The fourth-order valence-corrected chi connectivity index (χ4v) is 3.86. The first-order chi connectivity index (χ1) is 14.0. The van der Waals surface area contributed by atoms with Gasteiger partial charge in [-0.25, -0.2) is 0 Å². The van der Waals surface area contributed by atoms with Crippen molar-refractivity contribution in [2.75, 3.05) is 13.2 Å². The Morgan fingerprint density at radius 2 is 1.48 bits per heavy atom. The van der Waals surface area contributed by atoms with Gasteiger partial charge in [-0.2, -0.15) is 0 Å². The van der Waals surface area contributed by atoms with Crippen molar-refractivity contribution in [3.63, 3.8) is 0 Å². The van der Waals surface area contributed by atoms with Crippen LogP contribution in [0.25, 0.3) is 0 Å². The van der Waals surface area contributed by atoms with E-state index in [2.05, 4.69) is 0 Å². The van der Waals surface area contributed by atoms with Gasteiger partial charge < -0.3 is 28.8 Å². The Morgan fingerprint density at radius 1 is 0.862 bits per heavy atom. The molecule has 2 heterocycles. The number of fused-ring (bicyclic) bond motifs is 1. The quantitative estimate of drug-likeness (QED) is 0.735. The van der Waals surface area contributed by atoms with E-state index in [1.54, 1.807) is 0 Å². The molecule has 2 saturated heterocycles. The minimum atomic E-state index is -1.06. The maximum atomic E-state index is 10.3. The van der Waals surface area contributed by atoms with Crippen LogP contribution in [0, 0.1) is 0 Å². The molecule has 0 spiro atoms. The normalized spacial score (nSPS) is 30.4. The highest BCUT2D eigenvalue weighted by molar-refractivity contribution is 5.15. The van der Waals surface area contributed by atoms with Crippen molar-refractivity contribution < 1.29 is 28.8 Å². The molecule has 6 heteroatoms. The van der Waals surface area contributed by atoms with Crippen molar-refractivity contribution in [1.82, 2.24) is 0 Å². The van der Waals surface area contributed by atoms with Crippen molar-refractivity contribution in [2.24, 2.45) is 0 Å². The third kappa shape index (κ3) is 4.53. The Kier molecular flexibility index (Phi) is 6.01. The van der Waals surface area contributed by atoms with Gasteiger partial charge in [0.15, 0.2) is 12.1 Å². The summed E-state index contributed by atoms with van der Waals surface area (Å²) in [5.74, 6) is -0.768. The lowest BCUT2D eigenvalue weighted by Gasteiger charge is -2.35. The van der Waals surface area contributed by atoms with Gasteiger partial charge in [0.2, 0.25) is 0 Å². The summed E-state index contributed by atoms with van der Waals surface area (Å²) in [7, 11) is 0. The van der Waals surface area contributed by atoms with E-state index in [1.807, 2.05) is 74.5 Å². The Bertz CT molecular complexity index is 780. The van der Waals surface area contributed by atoms with Crippen LogP contribution >= 0.6 is 0 Å². The molecule has 1 N–H and O–H groups in total. The lowest BCUT2D eigenvalue weighted by molar-refractivity contribution is -0.261. The molecular formula is C23H28O6. The smallest absolute Gasteiger partial charge is 0.190 e. The number of ether oxygens (including phenoxy) is 5. The maximum Gasteiger partial charge on any atom is 0.190 e. The SMILES string of the molecule is CC1(C)O[C@H]2O[C@@](CO)(COCc3ccccc3)[C@H](OCc3ccccc3)[C@H]2O1. The zero-order valence-electron chi connectivity index (χ0n) is 16.8. The van der Waals surface area contributed by atoms with E-state index in [1.165, 1.54) is 0 Å². The van der Waals surface area contributed by atoms with Gasteiger partial charge >= 0.3 is 0 Å². The van der Waals surface area contributed by atoms with Crippen molar-refractivity contribution >= 4 is 0 Å². The van der Waals surface area contributed by atoms with E-state index in [9.17, 15) is 5.11 Å². The van der Waals surface area contributed by atoms with Gasteiger partial charge in [-0.15, -0.1) is 0 Å². The molecule has 2 aliphatic heterocycles. The molecule has 29 heavy (non-hydrogen) atoms. The molecule has 0 aliphatic carbocycles. The van der Waals surface area contributed by atoms with Crippen LogP contribution < -0.4 is 0 Å². The van der Waals surface area contributed by atoms with E-state index >= 15 is 0 Å². The van der Waals surface area contributed by atoms with Crippen LogP contribution in [0.1, 0.15) is 25.0 Å². The summed E-state index contributed by atoms with van der Waals surface area (Å²) in [4.78, 5) is 0. The van der Waals surface area contributed by atoms with Gasteiger partial charge in [-0.3, -0.25) is 0 Å². The minimum absolute atomic E-state index is 0.165. The fourth-order valence-electron chi connectivity index (χ4n) is 3.86. The van der Waals surface area contributed by atoms with Crippen LogP contribution in [-0.4, -0.2) is 48.2 Å². The Hall–Kier alpha value is -1.80. The summed E-state index contributed by atoms with van der Waals surface area (Å²) in [6, 6.07) is 19.8. The van der Waals surface area contributed by atoms with E-state index in [0.717, 1.165) is 11.1 Å². The molecule has 0 bridgehead atoms. The van der Waals surface area contributed by atoms with Gasteiger partial charge in [-0.05, 0) is 25.0 Å². The summed E-state index contributed by atoms with van der Waals surface area (Å²) in [5, 5.41) is 10.3. The minimum Gasteiger partial charge on any atom is -0.393 e. The molecule has 2 aromatic rings. The predicted octanol–water partition coefficient (Wildman–Crippen LogP) is 3.03. The topological polar surface area (TPSA) is 66.4 Å². The van der Waals surface area contributed by atoms with Crippen LogP contribution in [-0.2, 0) is 36.9 Å². The van der Waals surface area contributed by atoms with Crippen LogP contribution in [0.5, 0.6) is 0 Å². The average Bonchev–Trinajstić information content (AvgIpc) is 3.17. The molecule has 0 radical (unpaired) electrons. The molecular weight excluding hydrogens is 372 g/mol. The first-order valence-corrected chi connectivity index (χ1v) is 9.93. The van der Waals surface area contributed by atoms with E-state index in [4.69, 9.17) is 23.7 Å². The standard InChI is InChI=1S/C23H28O6/c1-22(2)27-19-20(26-14-18-11-7-4-8-12-18)23(15-24,29-21(19)28-22)16-25-13-17-9-5-3-6-10-17/h3-12,19-21,24H,13-16H2,1-2H3/t19-,20-,21+,23+/m1/s1. The summed E-state index contributed by atoms with van der Waals surface area (Å²) in [5.41, 5.74) is 1.02. The molecule has 0 unspecified atom stereocenters. The summed E-state index contributed by atoms with van der Waals surface area (Å²) in [6.45, 7) is 4.38. The summed E-state index contributed by atoms with van der Waals surface area (Å²) in [6.07, 6.45) is -1.59. The van der Waals surface area contributed by atoms with Crippen LogP contribution in [0.4, 0.5) is 0 Å². The Labute approximate surface area is 171 Å². The van der Waals surface area contributed by atoms with Crippen molar-refractivity contribution in [3.05, 3.63) is 71.8 Å². The van der Waals surface area contributed by atoms with Gasteiger partial charge in [0.1, 0.15) is 17.8 Å². The highest BCUT2D eigenvalue weighted by Crippen LogP contribution is 2.44. The van der Waals surface area contributed by atoms with E-state index in [0.29, 0.717) is 13.2 Å². The van der Waals surface area contributed by atoms with Gasteiger partial charge in [0.05, 0.1) is 26.4 Å². The number of aliphatic hydroxyl groups excluding tert-OH is 1. The number of rotatable bonds is 8. The van der Waals surface area contributed by atoms with E-state index in [-0.39, 0.29) is 13.2 Å². The number of hydrogen-bond acceptors (Lipinski definition) is 6. The second-order valence-electron chi connectivity index (χ2n) is 8.00. The number of aliphatic hydroxyl groups is 1. The molecule has 156 valence electrons. The third-order valence-electron chi connectivity index (χ3n) is 5.25. The first kappa shape index (κ1) is 20.5. The molecule has 0 saturated carbocycles. The Balaban J connectivity index is 1.48. The molecule has 4 rings (SSSR count). The summed E-state index contributed by atoms with van der Waals surface area (Å²) < 4.78 is 30.2. The largest absolute Gasteiger partial charge is 0.393 e. The predicted molar refractivity (Wildman–Crippen MR) is 106 cm³/mol. The molecule has 2 aromatic carbocycles. The second-order valence-corrected chi connectivity index (χ2v) is 8.00. The zero-order chi connectivity index (χ0) is 20.3. The Morgan fingerprint density at radius 3 is 2.10 bits per heavy atom. The highest BCUT2D eigenvalue weighted by atomic mass is 16.8. The van der Waals surface area contributed by atoms with Gasteiger partial charge in [0, 0.05) is 0 Å². The van der Waals surface area contributed by atoms with Crippen molar-refractivity contribution in [1.29, 1.82) is 0 Å². The van der Waals surface area contributed by atoms with Gasteiger partial charge in [0.25, 0.3) is 0 Å². The first-order valence-electron chi connectivity index (χ1n) is 9.93. The van der Waals surface area contributed by atoms with Gasteiger partial charge in [-0.1, -0.05) is 60.7 Å². The number of benzene rings is 2. The zero-order valence-corrected chi connectivity index (χ0v) is 16.8. The molecule has 0 aromatic heterocycles. The lowest BCUT2D eigenvalue weighted by atomic mass is 9.96. The monoisotopic (exact) mass is 400 g/mol. The van der Waals surface area contributed by atoms with Crippen LogP contribution in [0.15, 0.2) is 60.7 Å². The summed E-state index contributed by atoms with van der Waals surface area (Å²) >= 11 is 0. The molecule has 6 nitrogen and oxygen atoms in total. The molecule has 2 fully saturated rings. The van der Waals surface area contributed by atoms with Crippen LogP contribution in [0.2, 0.25) is 0 Å². The average molecular weight is 400 g/mol. The van der Waals surface area contributed by atoms with E-state index < -0.39 is 29.9 Å². The molecule has 2 aliphatic rings. The van der Waals surface area contributed by atoms with Crippen molar-refractivity contribution in [2.45, 2.75) is 56.9 Å². The maximum absolute atomic E-state index is 10.3.